The van der Waals surface area contributed by atoms with Crippen LogP contribution in [0.4, 0.5) is 5.69 Å². The van der Waals surface area contributed by atoms with Gasteiger partial charge >= 0.3 is 0 Å². The Bertz CT molecular complexity index is 682. The highest BCUT2D eigenvalue weighted by atomic mass is 35.5. The second kappa shape index (κ2) is 6.58. The molecule has 0 bridgehead atoms. The number of hydrogen-bond acceptors (Lipinski definition) is 3. The minimum absolute atomic E-state index is 0.0145. The normalized spacial score (nSPS) is 10.9. The molecular formula is C14H8Cl2N2OS. The molecule has 1 aromatic heterocycles. The van der Waals surface area contributed by atoms with Crippen molar-refractivity contribution in [2.24, 2.45) is 0 Å². The summed E-state index contributed by atoms with van der Waals surface area (Å²) in [5.74, 6) is -0.547. The number of halogens is 2. The third-order valence-corrected chi connectivity index (χ3v) is 3.75. The Labute approximate surface area is 130 Å². The van der Waals surface area contributed by atoms with E-state index in [-0.39, 0.29) is 5.57 Å². The molecule has 0 aliphatic rings. The van der Waals surface area contributed by atoms with Crippen molar-refractivity contribution in [3.8, 4) is 6.07 Å². The number of amides is 1. The van der Waals surface area contributed by atoms with Crippen molar-refractivity contribution >= 4 is 52.2 Å². The van der Waals surface area contributed by atoms with Crippen molar-refractivity contribution < 1.29 is 4.79 Å². The molecule has 0 saturated carbocycles. The fourth-order valence-corrected chi connectivity index (χ4v) is 2.58. The molecule has 1 amide bonds. The van der Waals surface area contributed by atoms with Crippen LogP contribution in [0.2, 0.25) is 10.0 Å². The van der Waals surface area contributed by atoms with Crippen molar-refractivity contribution in [3.63, 3.8) is 0 Å². The number of hydrogen-bond donors (Lipinski definition) is 1. The van der Waals surface area contributed by atoms with E-state index >= 15 is 0 Å². The first-order chi connectivity index (χ1) is 9.61. The van der Waals surface area contributed by atoms with Gasteiger partial charge in [0.1, 0.15) is 11.6 Å². The Morgan fingerprint density at radius 2 is 2.00 bits per heavy atom. The maximum absolute atomic E-state index is 12.1. The standard InChI is InChI=1S/C14H8Cl2N2OS/c15-11-2-1-3-12(16)13(11)18-14(19)10(7-17)6-9-4-5-20-8-9/h1-6,8H,(H,18,19)/b10-6+. The molecule has 0 aliphatic carbocycles. The van der Waals surface area contributed by atoms with Crippen molar-refractivity contribution in [2.45, 2.75) is 0 Å². The van der Waals surface area contributed by atoms with Gasteiger partial charge in [0.2, 0.25) is 0 Å². The first kappa shape index (κ1) is 14.6. The number of nitrogens with one attached hydrogen (secondary N) is 1. The first-order valence-corrected chi connectivity index (χ1v) is 7.21. The van der Waals surface area contributed by atoms with Crippen LogP contribution in [0.1, 0.15) is 5.56 Å². The number of thiophene rings is 1. The van der Waals surface area contributed by atoms with Gasteiger partial charge in [-0.1, -0.05) is 29.3 Å². The highest BCUT2D eigenvalue weighted by molar-refractivity contribution is 7.08. The summed E-state index contributed by atoms with van der Waals surface area (Å²) in [5, 5.41) is 16.0. The number of nitrogens with zero attached hydrogens (tertiary/aromatic N) is 1. The molecule has 0 unspecified atom stereocenters. The van der Waals surface area contributed by atoms with E-state index in [2.05, 4.69) is 5.32 Å². The SMILES string of the molecule is N#C/C(=C\c1ccsc1)C(=O)Nc1c(Cl)cccc1Cl. The van der Waals surface area contributed by atoms with Gasteiger partial charge in [-0.2, -0.15) is 16.6 Å². The fraction of sp³-hybridized carbons (Fsp3) is 0. The van der Waals surface area contributed by atoms with Crippen LogP contribution in [-0.2, 0) is 4.79 Å². The summed E-state index contributed by atoms with van der Waals surface area (Å²) in [6.45, 7) is 0. The zero-order valence-electron chi connectivity index (χ0n) is 10.1. The molecule has 1 N–H and O–H groups in total. The van der Waals surface area contributed by atoms with Gasteiger partial charge in [-0.25, -0.2) is 0 Å². The van der Waals surface area contributed by atoms with Crippen LogP contribution in [0.15, 0.2) is 40.6 Å². The molecule has 0 aliphatic heterocycles. The van der Waals surface area contributed by atoms with E-state index in [4.69, 9.17) is 28.5 Å². The Morgan fingerprint density at radius 3 is 2.55 bits per heavy atom. The minimum Gasteiger partial charge on any atom is -0.319 e. The minimum atomic E-state index is -0.547. The van der Waals surface area contributed by atoms with E-state index in [9.17, 15) is 4.79 Å². The Morgan fingerprint density at radius 1 is 1.30 bits per heavy atom. The van der Waals surface area contributed by atoms with Crippen LogP contribution in [0.3, 0.4) is 0 Å². The maximum Gasteiger partial charge on any atom is 0.266 e. The molecule has 20 heavy (non-hydrogen) atoms. The monoisotopic (exact) mass is 322 g/mol. The average molecular weight is 323 g/mol. The van der Waals surface area contributed by atoms with E-state index in [1.807, 2.05) is 22.9 Å². The number of nitriles is 1. The van der Waals surface area contributed by atoms with E-state index in [0.717, 1.165) is 5.56 Å². The topological polar surface area (TPSA) is 52.9 Å². The highest BCUT2D eigenvalue weighted by Gasteiger charge is 2.13. The van der Waals surface area contributed by atoms with Crippen LogP contribution in [0, 0.1) is 11.3 Å². The van der Waals surface area contributed by atoms with Crippen molar-refractivity contribution in [1.82, 2.24) is 0 Å². The van der Waals surface area contributed by atoms with Gasteiger partial charge in [0.05, 0.1) is 15.7 Å². The molecule has 0 fully saturated rings. The summed E-state index contributed by atoms with van der Waals surface area (Å²) in [6, 6.07) is 8.58. The number of anilines is 1. The molecule has 0 spiro atoms. The largest absolute Gasteiger partial charge is 0.319 e. The number of benzene rings is 1. The van der Waals surface area contributed by atoms with E-state index in [1.165, 1.54) is 17.4 Å². The van der Waals surface area contributed by atoms with Gasteiger partial charge in [0, 0.05) is 0 Å². The van der Waals surface area contributed by atoms with Gasteiger partial charge in [-0.05, 0) is 40.6 Å². The predicted molar refractivity (Wildman–Crippen MR) is 83.0 cm³/mol. The quantitative estimate of drug-likeness (QED) is 0.663. The lowest BCUT2D eigenvalue weighted by Crippen LogP contribution is -2.14. The lowest BCUT2D eigenvalue weighted by atomic mass is 10.2. The van der Waals surface area contributed by atoms with Crippen LogP contribution in [0.25, 0.3) is 6.08 Å². The summed E-state index contributed by atoms with van der Waals surface area (Å²) < 4.78 is 0. The van der Waals surface area contributed by atoms with E-state index in [1.54, 1.807) is 18.2 Å². The smallest absolute Gasteiger partial charge is 0.266 e. The molecule has 1 heterocycles. The number of carbonyl (C=O) groups is 1. The fourth-order valence-electron chi connectivity index (χ4n) is 1.47. The zero-order valence-corrected chi connectivity index (χ0v) is 12.4. The molecule has 0 saturated heterocycles. The average Bonchev–Trinajstić information content (AvgIpc) is 2.93. The summed E-state index contributed by atoms with van der Waals surface area (Å²) in [6.07, 6.45) is 1.51. The Balaban J connectivity index is 2.25. The van der Waals surface area contributed by atoms with Crippen molar-refractivity contribution in [2.75, 3.05) is 5.32 Å². The summed E-state index contributed by atoms with van der Waals surface area (Å²) in [4.78, 5) is 12.1. The second-order valence-electron chi connectivity index (χ2n) is 3.78. The number of rotatable bonds is 3. The Hall–Kier alpha value is -1.80. The molecule has 100 valence electrons. The van der Waals surface area contributed by atoms with Crippen LogP contribution in [0.5, 0.6) is 0 Å². The van der Waals surface area contributed by atoms with Crippen LogP contribution >= 0.6 is 34.5 Å². The highest BCUT2D eigenvalue weighted by Crippen LogP contribution is 2.30. The van der Waals surface area contributed by atoms with Gasteiger partial charge in [-0.15, -0.1) is 0 Å². The van der Waals surface area contributed by atoms with Gasteiger partial charge < -0.3 is 5.32 Å². The van der Waals surface area contributed by atoms with E-state index < -0.39 is 5.91 Å². The Kier molecular flexibility index (Phi) is 4.80. The number of para-hydroxylation sites is 1. The molecule has 6 heteroatoms. The lowest BCUT2D eigenvalue weighted by Gasteiger charge is -2.08. The molecule has 0 atom stereocenters. The van der Waals surface area contributed by atoms with Gasteiger partial charge in [0.25, 0.3) is 5.91 Å². The van der Waals surface area contributed by atoms with Crippen molar-refractivity contribution in [1.29, 1.82) is 5.26 Å². The predicted octanol–water partition coefficient (Wildman–Crippen LogP) is 4.60. The lowest BCUT2D eigenvalue weighted by molar-refractivity contribution is -0.112. The molecule has 2 aromatic rings. The summed E-state index contributed by atoms with van der Waals surface area (Å²) >= 11 is 13.4. The molecule has 0 radical (unpaired) electrons. The van der Waals surface area contributed by atoms with Gasteiger partial charge in [-0.3, -0.25) is 4.79 Å². The molecule has 2 rings (SSSR count). The third-order valence-electron chi connectivity index (χ3n) is 2.42. The number of carbonyl (C=O) groups excluding carboxylic acids is 1. The third kappa shape index (κ3) is 3.40. The van der Waals surface area contributed by atoms with Crippen molar-refractivity contribution in [3.05, 3.63) is 56.2 Å². The molecule has 3 nitrogen and oxygen atoms in total. The zero-order chi connectivity index (χ0) is 14.5. The van der Waals surface area contributed by atoms with Gasteiger partial charge in [0.15, 0.2) is 0 Å². The van der Waals surface area contributed by atoms with E-state index in [0.29, 0.717) is 15.7 Å². The summed E-state index contributed by atoms with van der Waals surface area (Å²) in [5.41, 5.74) is 1.08. The molecular weight excluding hydrogens is 315 g/mol. The second-order valence-corrected chi connectivity index (χ2v) is 5.37. The van der Waals surface area contributed by atoms with Crippen LogP contribution < -0.4 is 5.32 Å². The first-order valence-electron chi connectivity index (χ1n) is 5.51. The van der Waals surface area contributed by atoms with Crippen LogP contribution in [-0.4, -0.2) is 5.91 Å². The molecule has 1 aromatic carbocycles. The summed E-state index contributed by atoms with van der Waals surface area (Å²) in [7, 11) is 0. The maximum atomic E-state index is 12.1.